The number of likely N-dealkylation sites (N-methyl/N-ethyl adjacent to an activating group) is 2. The molecule has 0 aliphatic carbocycles. The first kappa shape index (κ1) is 13.4. The number of aliphatic hydroxyl groups excluding tert-OH is 1. The highest BCUT2D eigenvalue weighted by Crippen LogP contribution is 1.96. The van der Waals surface area contributed by atoms with Gasteiger partial charge < -0.3 is 15.3 Å². The quantitative estimate of drug-likeness (QED) is 0.608. The second-order valence-electron chi connectivity index (χ2n) is 3.71. The molecule has 0 aromatic heterocycles. The van der Waals surface area contributed by atoms with Crippen LogP contribution in [-0.2, 0) is 0 Å². The molecule has 0 aromatic rings. The Bertz CT molecular complexity index is 179. The second-order valence-corrected chi connectivity index (χ2v) is 3.71. The number of hydrogen-bond acceptors (Lipinski definition) is 4. The van der Waals surface area contributed by atoms with Crippen LogP contribution in [0.5, 0.6) is 0 Å². The van der Waals surface area contributed by atoms with Crippen molar-refractivity contribution >= 4 is 0 Å². The van der Waals surface area contributed by atoms with Gasteiger partial charge in [-0.1, -0.05) is 6.92 Å². The average molecular weight is 199 g/mol. The topological polar surface area (TPSA) is 59.3 Å². The largest absolute Gasteiger partial charge is 0.390 e. The molecule has 2 unspecified atom stereocenters. The SMILES string of the molecule is CCNCC(O)CN(C)CC(C)C#N. The molecular formula is C10H21N3O. The van der Waals surface area contributed by atoms with Gasteiger partial charge in [0.05, 0.1) is 18.1 Å². The van der Waals surface area contributed by atoms with Gasteiger partial charge in [-0.25, -0.2) is 0 Å². The predicted molar refractivity (Wildman–Crippen MR) is 56.8 cm³/mol. The maximum atomic E-state index is 9.55. The molecule has 2 atom stereocenters. The van der Waals surface area contributed by atoms with Gasteiger partial charge in [0.25, 0.3) is 0 Å². The summed E-state index contributed by atoms with van der Waals surface area (Å²) in [6.45, 7) is 6.69. The third-order valence-corrected chi connectivity index (χ3v) is 1.96. The smallest absolute Gasteiger partial charge is 0.0791 e. The molecule has 82 valence electrons. The number of hydrogen-bond donors (Lipinski definition) is 2. The standard InChI is InChI=1S/C10H21N3O/c1-4-12-6-10(14)8-13(3)7-9(2)5-11/h9-10,12,14H,4,6-8H2,1-3H3. The summed E-state index contributed by atoms with van der Waals surface area (Å²) in [6, 6.07) is 2.17. The Hall–Kier alpha value is -0.630. The van der Waals surface area contributed by atoms with Gasteiger partial charge >= 0.3 is 0 Å². The maximum Gasteiger partial charge on any atom is 0.0791 e. The maximum absolute atomic E-state index is 9.55. The summed E-state index contributed by atoms with van der Waals surface area (Å²) in [5, 5.41) is 21.2. The van der Waals surface area contributed by atoms with Crippen LogP contribution in [-0.4, -0.2) is 49.3 Å². The Kier molecular flexibility index (Phi) is 7.40. The van der Waals surface area contributed by atoms with Crippen LogP contribution in [0.15, 0.2) is 0 Å². The Balaban J connectivity index is 3.60. The van der Waals surface area contributed by atoms with Crippen LogP contribution in [0.1, 0.15) is 13.8 Å². The predicted octanol–water partition coefficient (Wildman–Crippen LogP) is 0.0483. The van der Waals surface area contributed by atoms with E-state index in [9.17, 15) is 5.11 Å². The van der Waals surface area contributed by atoms with E-state index in [1.54, 1.807) is 0 Å². The number of nitriles is 1. The molecule has 0 aromatic carbocycles. The molecule has 0 heterocycles. The van der Waals surface area contributed by atoms with E-state index >= 15 is 0 Å². The van der Waals surface area contributed by atoms with Crippen LogP contribution in [0.25, 0.3) is 0 Å². The fraction of sp³-hybridized carbons (Fsp3) is 0.900. The molecular weight excluding hydrogens is 178 g/mol. The lowest BCUT2D eigenvalue weighted by molar-refractivity contribution is 0.121. The molecule has 4 nitrogen and oxygen atoms in total. The number of nitrogens with zero attached hydrogens (tertiary/aromatic N) is 2. The molecule has 0 bridgehead atoms. The molecule has 0 fully saturated rings. The van der Waals surface area contributed by atoms with Gasteiger partial charge in [0.15, 0.2) is 0 Å². The summed E-state index contributed by atoms with van der Waals surface area (Å²) in [5.41, 5.74) is 0. The van der Waals surface area contributed by atoms with Gasteiger partial charge in [0.2, 0.25) is 0 Å². The molecule has 0 spiro atoms. The van der Waals surface area contributed by atoms with E-state index in [4.69, 9.17) is 5.26 Å². The van der Waals surface area contributed by atoms with Crippen LogP contribution >= 0.6 is 0 Å². The lowest BCUT2D eigenvalue weighted by Gasteiger charge is -2.21. The molecule has 0 radical (unpaired) electrons. The first-order valence-corrected chi connectivity index (χ1v) is 5.07. The van der Waals surface area contributed by atoms with Gasteiger partial charge in [-0.2, -0.15) is 5.26 Å². The van der Waals surface area contributed by atoms with Crippen LogP contribution in [0.3, 0.4) is 0 Å². The third kappa shape index (κ3) is 6.84. The van der Waals surface area contributed by atoms with Crippen molar-refractivity contribution in [2.75, 3.05) is 33.2 Å². The minimum absolute atomic E-state index is 0.0198. The van der Waals surface area contributed by atoms with Crippen LogP contribution in [0, 0.1) is 17.2 Å². The van der Waals surface area contributed by atoms with Gasteiger partial charge in [-0.15, -0.1) is 0 Å². The fourth-order valence-electron chi connectivity index (χ4n) is 1.32. The molecule has 0 saturated heterocycles. The monoisotopic (exact) mass is 199 g/mol. The fourth-order valence-corrected chi connectivity index (χ4v) is 1.32. The van der Waals surface area contributed by atoms with E-state index in [1.807, 2.05) is 25.8 Å². The molecule has 0 aliphatic heterocycles. The van der Waals surface area contributed by atoms with Crippen molar-refractivity contribution in [2.45, 2.75) is 20.0 Å². The molecule has 0 rings (SSSR count). The van der Waals surface area contributed by atoms with Crippen molar-refractivity contribution in [3.05, 3.63) is 0 Å². The summed E-state index contributed by atoms with van der Waals surface area (Å²) < 4.78 is 0. The third-order valence-electron chi connectivity index (χ3n) is 1.96. The highest BCUT2D eigenvalue weighted by molar-refractivity contribution is 4.81. The van der Waals surface area contributed by atoms with Crippen molar-refractivity contribution in [1.82, 2.24) is 10.2 Å². The number of aliphatic hydroxyl groups is 1. The summed E-state index contributed by atoms with van der Waals surface area (Å²) in [6.07, 6.45) is -0.356. The van der Waals surface area contributed by atoms with Gasteiger partial charge in [-0.05, 0) is 20.5 Å². The Morgan fingerprint density at radius 3 is 2.64 bits per heavy atom. The molecule has 0 amide bonds. The van der Waals surface area contributed by atoms with E-state index in [1.165, 1.54) is 0 Å². The summed E-state index contributed by atoms with van der Waals surface area (Å²) in [7, 11) is 1.92. The van der Waals surface area contributed by atoms with Crippen molar-refractivity contribution < 1.29 is 5.11 Å². The average Bonchev–Trinajstić information content (AvgIpc) is 2.14. The van der Waals surface area contributed by atoms with E-state index in [0.717, 1.165) is 6.54 Å². The first-order valence-electron chi connectivity index (χ1n) is 5.07. The van der Waals surface area contributed by atoms with Crippen LogP contribution in [0.2, 0.25) is 0 Å². The Labute approximate surface area is 86.5 Å². The summed E-state index contributed by atoms with van der Waals surface area (Å²) >= 11 is 0. The zero-order valence-electron chi connectivity index (χ0n) is 9.32. The summed E-state index contributed by atoms with van der Waals surface area (Å²) in [5.74, 6) is 0.0198. The molecule has 14 heavy (non-hydrogen) atoms. The molecule has 2 N–H and O–H groups in total. The van der Waals surface area contributed by atoms with Crippen LogP contribution < -0.4 is 5.32 Å². The van der Waals surface area contributed by atoms with Gasteiger partial charge in [0.1, 0.15) is 0 Å². The lowest BCUT2D eigenvalue weighted by atomic mass is 10.2. The normalized spacial score (nSPS) is 15.1. The van der Waals surface area contributed by atoms with Crippen molar-refractivity contribution in [2.24, 2.45) is 5.92 Å². The first-order chi connectivity index (χ1) is 6.60. The lowest BCUT2D eigenvalue weighted by Crippen LogP contribution is -2.37. The molecule has 0 saturated carbocycles. The zero-order valence-corrected chi connectivity index (χ0v) is 9.32. The number of nitrogens with one attached hydrogen (secondary N) is 1. The summed E-state index contributed by atoms with van der Waals surface area (Å²) in [4.78, 5) is 1.98. The highest BCUT2D eigenvalue weighted by atomic mass is 16.3. The van der Waals surface area contributed by atoms with Crippen molar-refractivity contribution in [3.8, 4) is 6.07 Å². The minimum atomic E-state index is -0.356. The van der Waals surface area contributed by atoms with Crippen molar-refractivity contribution in [3.63, 3.8) is 0 Å². The Morgan fingerprint density at radius 1 is 1.50 bits per heavy atom. The second kappa shape index (κ2) is 7.74. The van der Waals surface area contributed by atoms with Crippen molar-refractivity contribution in [1.29, 1.82) is 5.26 Å². The van der Waals surface area contributed by atoms with E-state index in [0.29, 0.717) is 19.6 Å². The zero-order chi connectivity index (χ0) is 11.0. The molecule has 4 heteroatoms. The molecule has 0 aliphatic rings. The van der Waals surface area contributed by atoms with E-state index < -0.39 is 0 Å². The van der Waals surface area contributed by atoms with E-state index in [2.05, 4.69) is 11.4 Å². The number of rotatable bonds is 7. The van der Waals surface area contributed by atoms with E-state index in [-0.39, 0.29) is 12.0 Å². The Morgan fingerprint density at radius 2 is 2.14 bits per heavy atom. The highest BCUT2D eigenvalue weighted by Gasteiger charge is 2.09. The van der Waals surface area contributed by atoms with Gasteiger partial charge in [0, 0.05) is 19.6 Å². The van der Waals surface area contributed by atoms with Gasteiger partial charge in [-0.3, -0.25) is 0 Å². The minimum Gasteiger partial charge on any atom is -0.390 e. The van der Waals surface area contributed by atoms with Crippen LogP contribution in [0.4, 0.5) is 0 Å².